The third-order valence-electron chi connectivity index (χ3n) is 3.27. The number of carboxylic acid groups (broad SMARTS) is 1. The number of carboxylic acids is 1. The van der Waals surface area contributed by atoms with Gasteiger partial charge in [-0.3, -0.25) is 0 Å². The van der Waals surface area contributed by atoms with Gasteiger partial charge in [-0.15, -0.1) is 0 Å². The van der Waals surface area contributed by atoms with Crippen molar-refractivity contribution in [2.24, 2.45) is 4.99 Å². The maximum absolute atomic E-state index is 11.1. The minimum absolute atomic E-state index is 0.444. The molecule has 2 aliphatic heterocycles. The van der Waals surface area contributed by atoms with E-state index in [2.05, 4.69) is 4.99 Å². The zero-order chi connectivity index (χ0) is 12.0. The summed E-state index contributed by atoms with van der Waals surface area (Å²) in [5, 5.41) is 9.79. The SMILES string of the molecule is O=C(O)[C@@H]1CCC2=Nc3ccc(Cl)cc3CN21. The Morgan fingerprint density at radius 3 is 3.12 bits per heavy atom. The number of benzene rings is 1. The van der Waals surface area contributed by atoms with E-state index < -0.39 is 12.0 Å². The molecule has 0 radical (unpaired) electrons. The molecule has 88 valence electrons. The predicted molar refractivity (Wildman–Crippen MR) is 64.7 cm³/mol. The molecular weight excluding hydrogens is 240 g/mol. The van der Waals surface area contributed by atoms with Gasteiger partial charge < -0.3 is 10.0 Å². The second kappa shape index (κ2) is 3.74. The van der Waals surface area contributed by atoms with Crippen molar-refractivity contribution in [3.8, 4) is 0 Å². The number of aliphatic carboxylic acids is 1. The summed E-state index contributed by atoms with van der Waals surface area (Å²) in [4.78, 5) is 17.5. The van der Waals surface area contributed by atoms with Crippen LogP contribution >= 0.6 is 11.6 Å². The summed E-state index contributed by atoms with van der Waals surface area (Å²) in [6, 6.07) is 5.11. The Hall–Kier alpha value is -1.55. The molecule has 0 unspecified atom stereocenters. The van der Waals surface area contributed by atoms with Crippen molar-refractivity contribution in [1.29, 1.82) is 0 Å². The van der Waals surface area contributed by atoms with E-state index in [1.807, 2.05) is 23.1 Å². The molecule has 1 atom stereocenters. The van der Waals surface area contributed by atoms with Crippen molar-refractivity contribution in [3.63, 3.8) is 0 Å². The minimum Gasteiger partial charge on any atom is -0.480 e. The molecule has 0 spiro atoms. The van der Waals surface area contributed by atoms with Crippen molar-refractivity contribution >= 4 is 29.1 Å². The van der Waals surface area contributed by atoms with Crippen LogP contribution in [-0.2, 0) is 11.3 Å². The fourth-order valence-corrected chi connectivity index (χ4v) is 2.63. The van der Waals surface area contributed by atoms with E-state index in [4.69, 9.17) is 16.7 Å². The van der Waals surface area contributed by atoms with E-state index in [-0.39, 0.29) is 0 Å². The number of nitrogens with zero attached hydrogens (tertiary/aromatic N) is 2. The number of fused-ring (bicyclic) bond motifs is 2. The fourth-order valence-electron chi connectivity index (χ4n) is 2.44. The molecule has 1 N–H and O–H groups in total. The standard InChI is InChI=1S/C12H11ClN2O2/c13-8-1-2-9-7(5-8)6-15-10(12(16)17)3-4-11(15)14-9/h1-2,5,10H,3-4,6H2,(H,16,17)/t10-/m0/s1. The molecule has 17 heavy (non-hydrogen) atoms. The molecule has 2 heterocycles. The van der Waals surface area contributed by atoms with E-state index in [1.165, 1.54) is 0 Å². The Bertz CT molecular complexity index is 527. The highest BCUT2D eigenvalue weighted by atomic mass is 35.5. The topological polar surface area (TPSA) is 52.9 Å². The van der Waals surface area contributed by atoms with Gasteiger partial charge in [0.2, 0.25) is 0 Å². The Balaban J connectivity index is 2.00. The van der Waals surface area contributed by atoms with Crippen LogP contribution in [0.25, 0.3) is 0 Å². The molecule has 5 heteroatoms. The van der Waals surface area contributed by atoms with Crippen molar-refractivity contribution < 1.29 is 9.90 Å². The first-order valence-corrected chi connectivity index (χ1v) is 5.88. The lowest BCUT2D eigenvalue weighted by molar-refractivity contribution is -0.141. The second-order valence-corrected chi connectivity index (χ2v) is 4.76. The first-order valence-electron chi connectivity index (χ1n) is 5.50. The summed E-state index contributed by atoms with van der Waals surface area (Å²) < 4.78 is 0. The van der Waals surface area contributed by atoms with Crippen LogP contribution in [0, 0.1) is 0 Å². The number of hydrogen-bond donors (Lipinski definition) is 1. The summed E-state index contributed by atoms with van der Waals surface area (Å²) in [7, 11) is 0. The first kappa shape index (κ1) is 10.6. The average molecular weight is 251 g/mol. The molecule has 1 aromatic rings. The van der Waals surface area contributed by atoms with Gasteiger partial charge in [-0.05, 0) is 30.2 Å². The summed E-state index contributed by atoms with van der Waals surface area (Å²) >= 11 is 5.94. The summed E-state index contributed by atoms with van der Waals surface area (Å²) in [6.45, 7) is 0.589. The van der Waals surface area contributed by atoms with Crippen LogP contribution < -0.4 is 0 Å². The van der Waals surface area contributed by atoms with Gasteiger partial charge in [0.15, 0.2) is 0 Å². The van der Waals surface area contributed by atoms with E-state index in [0.717, 1.165) is 23.5 Å². The van der Waals surface area contributed by atoms with E-state index >= 15 is 0 Å². The van der Waals surface area contributed by atoms with Crippen LogP contribution in [-0.4, -0.2) is 27.9 Å². The molecule has 0 aliphatic carbocycles. The predicted octanol–water partition coefficient (Wildman–Crippen LogP) is 2.43. The average Bonchev–Trinajstić information content (AvgIpc) is 2.68. The van der Waals surface area contributed by atoms with Gasteiger partial charge in [-0.25, -0.2) is 9.79 Å². The van der Waals surface area contributed by atoms with Crippen molar-refractivity contribution in [3.05, 3.63) is 28.8 Å². The molecule has 0 amide bonds. The van der Waals surface area contributed by atoms with Crippen LogP contribution in [0.4, 0.5) is 5.69 Å². The van der Waals surface area contributed by atoms with Crippen molar-refractivity contribution in [2.45, 2.75) is 25.4 Å². The van der Waals surface area contributed by atoms with Crippen LogP contribution in [0.5, 0.6) is 0 Å². The second-order valence-electron chi connectivity index (χ2n) is 4.32. The number of amidine groups is 1. The number of carbonyl (C=O) groups is 1. The van der Waals surface area contributed by atoms with Gasteiger partial charge in [-0.1, -0.05) is 11.6 Å². The minimum atomic E-state index is -0.777. The highest BCUT2D eigenvalue weighted by Gasteiger charge is 2.36. The summed E-state index contributed by atoms with van der Waals surface area (Å²) in [5.41, 5.74) is 1.90. The van der Waals surface area contributed by atoms with Gasteiger partial charge in [-0.2, -0.15) is 0 Å². The Morgan fingerprint density at radius 1 is 1.53 bits per heavy atom. The molecule has 0 bridgehead atoms. The normalized spacial score (nSPS) is 21.8. The molecule has 0 saturated carbocycles. The fraction of sp³-hybridized carbons (Fsp3) is 0.333. The lowest BCUT2D eigenvalue weighted by Gasteiger charge is -2.28. The molecule has 3 rings (SSSR count). The molecule has 0 aromatic heterocycles. The molecule has 1 saturated heterocycles. The smallest absolute Gasteiger partial charge is 0.326 e. The highest BCUT2D eigenvalue weighted by molar-refractivity contribution is 6.30. The summed E-state index contributed by atoms with van der Waals surface area (Å²) in [5.74, 6) is 0.105. The van der Waals surface area contributed by atoms with Crippen LogP contribution in [0.3, 0.4) is 0 Å². The Labute approximate surface area is 104 Å². The Morgan fingerprint density at radius 2 is 2.35 bits per heavy atom. The first-order chi connectivity index (χ1) is 8.15. The number of halogens is 1. The third kappa shape index (κ3) is 1.69. The number of rotatable bonds is 1. The van der Waals surface area contributed by atoms with Crippen LogP contribution in [0.15, 0.2) is 23.2 Å². The number of hydrogen-bond acceptors (Lipinski definition) is 3. The molecule has 1 aromatic carbocycles. The number of aliphatic imine (C=N–C) groups is 1. The molecule has 2 aliphatic rings. The van der Waals surface area contributed by atoms with Gasteiger partial charge in [0, 0.05) is 18.0 Å². The third-order valence-corrected chi connectivity index (χ3v) is 3.50. The van der Waals surface area contributed by atoms with Crippen molar-refractivity contribution in [2.75, 3.05) is 0 Å². The van der Waals surface area contributed by atoms with Gasteiger partial charge >= 0.3 is 5.97 Å². The maximum atomic E-state index is 11.1. The summed E-state index contributed by atoms with van der Waals surface area (Å²) in [6.07, 6.45) is 1.37. The maximum Gasteiger partial charge on any atom is 0.326 e. The monoisotopic (exact) mass is 250 g/mol. The molecular formula is C12H11ClN2O2. The van der Waals surface area contributed by atoms with Crippen molar-refractivity contribution in [1.82, 2.24) is 4.90 Å². The molecule has 4 nitrogen and oxygen atoms in total. The lowest BCUT2D eigenvalue weighted by atomic mass is 10.1. The quantitative estimate of drug-likeness (QED) is 0.833. The largest absolute Gasteiger partial charge is 0.480 e. The zero-order valence-electron chi connectivity index (χ0n) is 9.06. The van der Waals surface area contributed by atoms with E-state index in [0.29, 0.717) is 18.0 Å². The lowest BCUT2D eigenvalue weighted by Crippen LogP contribution is -2.39. The molecule has 1 fully saturated rings. The van der Waals surface area contributed by atoms with E-state index in [9.17, 15) is 4.79 Å². The van der Waals surface area contributed by atoms with Crippen LogP contribution in [0.2, 0.25) is 5.02 Å². The van der Waals surface area contributed by atoms with Gasteiger partial charge in [0.25, 0.3) is 0 Å². The Kier molecular flexibility index (Phi) is 2.33. The van der Waals surface area contributed by atoms with Crippen LogP contribution in [0.1, 0.15) is 18.4 Å². The van der Waals surface area contributed by atoms with Gasteiger partial charge in [0.1, 0.15) is 11.9 Å². The zero-order valence-corrected chi connectivity index (χ0v) is 9.81. The van der Waals surface area contributed by atoms with Gasteiger partial charge in [0.05, 0.1) is 5.69 Å². The van der Waals surface area contributed by atoms with E-state index in [1.54, 1.807) is 0 Å². The highest BCUT2D eigenvalue weighted by Crippen LogP contribution is 2.34.